The van der Waals surface area contributed by atoms with Crippen molar-refractivity contribution in [2.75, 3.05) is 13.1 Å². The van der Waals surface area contributed by atoms with E-state index in [9.17, 15) is 0 Å². The third-order valence-corrected chi connectivity index (χ3v) is 2.43. The summed E-state index contributed by atoms with van der Waals surface area (Å²) in [5.74, 6) is 2.20. The number of hydrogen-bond acceptors (Lipinski definition) is 1. The van der Waals surface area contributed by atoms with Crippen molar-refractivity contribution in [2.45, 2.75) is 27.2 Å². The molecule has 0 aromatic carbocycles. The van der Waals surface area contributed by atoms with Gasteiger partial charge in [0.1, 0.15) is 0 Å². The van der Waals surface area contributed by atoms with Gasteiger partial charge in [0.2, 0.25) is 0 Å². The Bertz CT molecular complexity index is 195. The van der Waals surface area contributed by atoms with Gasteiger partial charge in [-0.05, 0) is 38.3 Å². The number of piperidine rings is 1. The van der Waals surface area contributed by atoms with Crippen molar-refractivity contribution in [1.82, 2.24) is 5.32 Å². The molecule has 1 saturated heterocycles. The summed E-state index contributed by atoms with van der Waals surface area (Å²) in [7, 11) is 0. The van der Waals surface area contributed by atoms with E-state index in [1.54, 1.807) is 6.08 Å². The Labute approximate surface area is 95.0 Å². The monoisotopic (exact) mass is 207 g/mol. The molecule has 0 bridgehead atoms. The summed E-state index contributed by atoms with van der Waals surface area (Å²) in [5.41, 5.74) is 0. The van der Waals surface area contributed by atoms with Crippen molar-refractivity contribution in [3.8, 4) is 0 Å². The Balaban J connectivity index is 0.000000225. The van der Waals surface area contributed by atoms with Gasteiger partial charge < -0.3 is 5.32 Å². The lowest BCUT2D eigenvalue weighted by molar-refractivity contribution is 0.732. The number of allylic oxidation sites excluding steroid dienone is 5. The van der Waals surface area contributed by atoms with Gasteiger partial charge in [0.15, 0.2) is 0 Å². The molecule has 1 heterocycles. The van der Waals surface area contributed by atoms with Gasteiger partial charge in [-0.1, -0.05) is 50.8 Å². The number of rotatable bonds is 2. The van der Waals surface area contributed by atoms with E-state index in [2.05, 4.69) is 11.9 Å². The van der Waals surface area contributed by atoms with Crippen LogP contribution in [0.25, 0.3) is 0 Å². The third-order valence-electron chi connectivity index (χ3n) is 2.43. The van der Waals surface area contributed by atoms with E-state index < -0.39 is 0 Å². The Morgan fingerprint density at radius 3 is 1.93 bits per heavy atom. The van der Waals surface area contributed by atoms with Gasteiger partial charge in [-0.3, -0.25) is 0 Å². The van der Waals surface area contributed by atoms with Crippen LogP contribution in [-0.4, -0.2) is 13.1 Å². The van der Waals surface area contributed by atoms with E-state index in [0.29, 0.717) is 0 Å². The predicted molar refractivity (Wildman–Crippen MR) is 70.0 cm³/mol. The second-order valence-corrected chi connectivity index (χ2v) is 3.56. The Kier molecular flexibility index (Phi) is 9.19. The van der Waals surface area contributed by atoms with Gasteiger partial charge in [-0.25, -0.2) is 0 Å². The first-order valence-corrected chi connectivity index (χ1v) is 5.99. The third kappa shape index (κ3) is 7.15. The fraction of sp³-hybridized carbons (Fsp3) is 0.571. The molecule has 0 radical (unpaired) electrons. The number of fused-ring (bicyclic) bond motifs is 1. The molecule has 2 rings (SSSR count). The Morgan fingerprint density at radius 2 is 1.67 bits per heavy atom. The van der Waals surface area contributed by atoms with E-state index in [4.69, 9.17) is 0 Å². The molecule has 0 amide bonds. The van der Waals surface area contributed by atoms with Crippen molar-refractivity contribution in [2.24, 2.45) is 11.8 Å². The largest absolute Gasteiger partial charge is 0.316 e. The van der Waals surface area contributed by atoms with Crippen LogP contribution < -0.4 is 5.32 Å². The summed E-state index contributed by atoms with van der Waals surface area (Å²) in [5, 5.41) is 3.32. The highest BCUT2D eigenvalue weighted by Gasteiger charge is 2.40. The van der Waals surface area contributed by atoms with Gasteiger partial charge in [0.05, 0.1) is 0 Å². The molecule has 1 saturated carbocycles. The second-order valence-electron chi connectivity index (χ2n) is 3.56. The van der Waals surface area contributed by atoms with Gasteiger partial charge >= 0.3 is 0 Å². The van der Waals surface area contributed by atoms with Gasteiger partial charge in [-0.15, -0.1) is 0 Å². The molecular weight excluding hydrogens is 182 g/mol. The summed E-state index contributed by atoms with van der Waals surface area (Å²) in [6.07, 6.45) is 11.0. The maximum atomic E-state index is 3.51. The molecule has 15 heavy (non-hydrogen) atoms. The zero-order chi connectivity index (χ0) is 11.5. The maximum Gasteiger partial charge on any atom is -0.00172 e. The molecule has 86 valence electrons. The lowest BCUT2D eigenvalue weighted by atomic mass is 10.4. The molecule has 1 heteroatoms. The topological polar surface area (TPSA) is 12.0 Å². The summed E-state index contributed by atoms with van der Waals surface area (Å²) < 4.78 is 0. The fourth-order valence-electron chi connectivity index (χ4n) is 1.52. The van der Waals surface area contributed by atoms with Crippen molar-refractivity contribution in [1.29, 1.82) is 0 Å². The fourth-order valence-corrected chi connectivity index (χ4v) is 1.52. The summed E-state index contributed by atoms with van der Waals surface area (Å²) in [4.78, 5) is 0. The molecule has 1 aliphatic heterocycles. The molecule has 0 spiro atoms. The highest BCUT2D eigenvalue weighted by molar-refractivity contribution is 5.07. The van der Waals surface area contributed by atoms with Crippen LogP contribution in [0.5, 0.6) is 0 Å². The van der Waals surface area contributed by atoms with Crippen molar-refractivity contribution < 1.29 is 0 Å². The minimum atomic E-state index is 1.10. The van der Waals surface area contributed by atoms with E-state index in [-0.39, 0.29) is 0 Å². The van der Waals surface area contributed by atoms with Crippen LogP contribution in [-0.2, 0) is 0 Å². The van der Waals surface area contributed by atoms with E-state index in [0.717, 1.165) is 11.8 Å². The van der Waals surface area contributed by atoms with Crippen LogP contribution in [0.2, 0.25) is 0 Å². The van der Waals surface area contributed by atoms with Crippen LogP contribution in [0.3, 0.4) is 0 Å². The first kappa shape index (κ1) is 14.2. The molecule has 2 unspecified atom stereocenters. The highest BCUT2D eigenvalue weighted by Crippen LogP contribution is 2.40. The average molecular weight is 207 g/mol. The minimum Gasteiger partial charge on any atom is -0.316 e. The standard InChI is InChI=1S/C7H10.C5H9N.C2H6/c1-3-5-7-6-4-2;1-4-2-6-3-5(1)4;1-2/h3-7H,1H2,2H3;4-6H,1-3H2;1-2H3/b6-4-,7-5-;;. The molecule has 2 fully saturated rings. The zero-order valence-electron chi connectivity index (χ0n) is 10.4. The van der Waals surface area contributed by atoms with E-state index in [1.165, 1.54) is 19.5 Å². The molecule has 2 aliphatic rings. The number of nitrogens with one attached hydrogen (secondary N) is 1. The van der Waals surface area contributed by atoms with E-state index >= 15 is 0 Å². The Morgan fingerprint density at radius 1 is 1.07 bits per heavy atom. The molecular formula is C14H25N. The molecule has 1 nitrogen and oxygen atoms in total. The molecule has 0 aromatic heterocycles. The van der Waals surface area contributed by atoms with Crippen molar-refractivity contribution in [3.63, 3.8) is 0 Å². The highest BCUT2D eigenvalue weighted by atomic mass is 14.9. The van der Waals surface area contributed by atoms with E-state index in [1.807, 2.05) is 45.1 Å². The van der Waals surface area contributed by atoms with Crippen LogP contribution in [0.15, 0.2) is 37.0 Å². The Hall–Kier alpha value is -0.820. The molecule has 1 N–H and O–H groups in total. The normalized spacial score (nSPS) is 26.3. The second kappa shape index (κ2) is 9.72. The average Bonchev–Trinajstić information content (AvgIpc) is 2.90. The maximum absolute atomic E-state index is 3.51. The summed E-state index contributed by atoms with van der Waals surface area (Å²) in [6, 6.07) is 0. The summed E-state index contributed by atoms with van der Waals surface area (Å²) >= 11 is 0. The van der Waals surface area contributed by atoms with Crippen LogP contribution >= 0.6 is 0 Å². The SMILES string of the molecule is C1NCC2CC12.C=C/C=C\C=C/C.CC. The first-order valence-electron chi connectivity index (χ1n) is 5.99. The quantitative estimate of drug-likeness (QED) is 0.683. The zero-order valence-corrected chi connectivity index (χ0v) is 10.4. The smallest absolute Gasteiger partial charge is 0.00172 e. The minimum absolute atomic E-state index is 1.10. The molecule has 1 aliphatic carbocycles. The van der Waals surface area contributed by atoms with Crippen LogP contribution in [0.4, 0.5) is 0 Å². The summed E-state index contributed by atoms with van der Waals surface area (Å²) in [6.45, 7) is 12.1. The van der Waals surface area contributed by atoms with Gasteiger partial charge in [0, 0.05) is 0 Å². The lowest BCUT2D eigenvalue weighted by Crippen LogP contribution is -2.10. The molecule has 0 aromatic rings. The van der Waals surface area contributed by atoms with Crippen LogP contribution in [0.1, 0.15) is 27.2 Å². The van der Waals surface area contributed by atoms with Crippen molar-refractivity contribution >= 4 is 0 Å². The number of hydrogen-bond donors (Lipinski definition) is 1. The van der Waals surface area contributed by atoms with Gasteiger partial charge in [-0.2, -0.15) is 0 Å². The lowest BCUT2D eigenvalue weighted by Gasteiger charge is -1.87. The van der Waals surface area contributed by atoms with Crippen molar-refractivity contribution in [3.05, 3.63) is 37.0 Å². The van der Waals surface area contributed by atoms with Crippen LogP contribution in [0, 0.1) is 11.8 Å². The predicted octanol–water partition coefficient (Wildman–Crippen LogP) is 3.56. The molecule has 2 atom stereocenters. The first-order chi connectivity index (χ1) is 7.38. The van der Waals surface area contributed by atoms with Gasteiger partial charge in [0.25, 0.3) is 0 Å².